The van der Waals surface area contributed by atoms with Crippen molar-refractivity contribution in [1.29, 1.82) is 0 Å². The molecular formula is C18H25N3O5S. The summed E-state index contributed by atoms with van der Waals surface area (Å²) in [7, 11) is -2.09. The Labute approximate surface area is 159 Å². The Bertz CT molecular complexity index is 859. The van der Waals surface area contributed by atoms with Crippen LogP contribution in [0.2, 0.25) is 0 Å². The molecule has 0 fully saturated rings. The largest absolute Gasteiger partial charge is 0.491 e. The van der Waals surface area contributed by atoms with E-state index in [9.17, 15) is 13.2 Å². The average molecular weight is 395 g/mol. The summed E-state index contributed by atoms with van der Waals surface area (Å²) in [4.78, 5) is 11.9. The van der Waals surface area contributed by atoms with E-state index in [-0.39, 0.29) is 30.7 Å². The van der Waals surface area contributed by atoms with Crippen LogP contribution in [-0.4, -0.2) is 44.9 Å². The number of aryl methyl sites for hydroxylation is 1. The van der Waals surface area contributed by atoms with E-state index in [1.807, 2.05) is 13.8 Å². The molecule has 148 valence electrons. The van der Waals surface area contributed by atoms with Crippen molar-refractivity contribution in [3.8, 4) is 5.75 Å². The number of anilines is 1. The number of sulfonamides is 1. The van der Waals surface area contributed by atoms with Gasteiger partial charge in [-0.25, -0.2) is 8.42 Å². The number of aromatic nitrogens is 1. The normalized spacial score (nSPS) is 11.4. The lowest BCUT2D eigenvalue weighted by Crippen LogP contribution is -2.36. The molecule has 1 heterocycles. The number of nitrogens with one attached hydrogen (secondary N) is 1. The van der Waals surface area contributed by atoms with E-state index in [0.29, 0.717) is 22.9 Å². The van der Waals surface area contributed by atoms with Crippen molar-refractivity contribution >= 4 is 21.6 Å². The lowest BCUT2D eigenvalue weighted by Gasteiger charge is -2.20. The van der Waals surface area contributed by atoms with E-state index in [2.05, 4.69) is 10.5 Å². The highest BCUT2D eigenvalue weighted by Gasteiger charge is 2.19. The van der Waals surface area contributed by atoms with Crippen molar-refractivity contribution in [3.05, 3.63) is 41.8 Å². The van der Waals surface area contributed by atoms with Gasteiger partial charge in [0.2, 0.25) is 15.9 Å². The molecule has 0 aliphatic heterocycles. The first-order valence-corrected chi connectivity index (χ1v) is 10.2. The molecule has 1 aromatic heterocycles. The molecule has 0 bridgehead atoms. The van der Waals surface area contributed by atoms with Crippen molar-refractivity contribution in [2.45, 2.75) is 33.3 Å². The Morgan fingerprint density at radius 3 is 2.52 bits per heavy atom. The lowest BCUT2D eigenvalue weighted by atomic mass is 10.3. The zero-order chi connectivity index (χ0) is 20.0. The second-order valence-corrected chi connectivity index (χ2v) is 8.52. The molecule has 0 aliphatic rings. The second-order valence-electron chi connectivity index (χ2n) is 6.40. The molecule has 0 saturated carbocycles. The Balaban J connectivity index is 1.86. The van der Waals surface area contributed by atoms with Crippen LogP contribution in [0.15, 0.2) is 34.9 Å². The third-order valence-corrected chi connectivity index (χ3v) is 5.46. The molecule has 0 saturated heterocycles. The molecule has 2 aromatic rings. The van der Waals surface area contributed by atoms with Gasteiger partial charge in [0.25, 0.3) is 0 Å². The lowest BCUT2D eigenvalue weighted by molar-refractivity contribution is -0.120. The minimum absolute atomic E-state index is 0.0108. The van der Waals surface area contributed by atoms with Crippen LogP contribution in [0.3, 0.4) is 0 Å². The Kier molecular flexibility index (Phi) is 6.84. The maximum Gasteiger partial charge on any atom is 0.236 e. The van der Waals surface area contributed by atoms with Gasteiger partial charge in [-0.3, -0.25) is 9.10 Å². The first kappa shape index (κ1) is 20.8. The second kappa shape index (κ2) is 8.90. The molecule has 2 rings (SSSR count). The molecule has 1 aromatic carbocycles. The number of hydrogen-bond acceptors (Lipinski definition) is 6. The summed E-state index contributed by atoms with van der Waals surface area (Å²) >= 11 is 0. The van der Waals surface area contributed by atoms with E-state index in [1.54, 1.807) is 37.3 Å². The minimum Gasteiger partial charge on any atom is -0.491 e. The molecule has 0 aliphatic carbocycles. The molecule has 0 unspecified atom stereocenters. The monoisotopic (exact) mass is 395 g/mol. The summed E-state index contributed by atoms with van der Waals surface area (Å²) in [6, 6.07) is 8.48. The summed E-state index contributed by atoms with van der Waals surface area (Å²) in [6.45, 7) is 5.58. The summed E-state index contributed by atoms with van der Waals surface area (Å²) in [5.41, 5.74) is 1.03. The number of hydrogen-bond donors (Lipinski definition) is 1. The number of benzene rings is 1. The molecule has 8 nitrogen and oxygen atoms in total. The summed E-state index contributed by atoms with van der Waals surface area (Å²) in [6.07, 6.45) is 0.0898. The highest BCUT2D eigenvalue weighted by Crippen LogP contribution is 2.21. The molecule has 0 radical (unpaired) electrons. The number of nitrogens with zero attached hydrogens (tertiary/aromatic N) is 2. The standard InChI is InChI=1S/C18H25N3O5S/c1-13(2)25-17-7-5-16(6-8-17)21(4)27(23,24)10-9-19-18(22)12-15-11-14(3)26-20-15/h5-8,11,13H,9-10,12H2,1-4H3,(H,19,22). The maximum absolute atomic E-state index is 12.5. The fourth-order valence-corrected chi connectivity index (χ4v) is 3.43. The fourth-order valence-electron chi connectivity index (χ4n) is 2.35. The van der Waals surface area contributed by atoms with E-state index in [1.165, 1.54) is 11.4 Å². The van der Waals surface area contributed by atoms with Crippen molar-refractivity contribution in [3.63, 3.8) is 0 Å². The van der Waals surface area contributed by atoms with Crippen molar-refractivity contribution in [1.82, 2.24) is 10.5 Å². The predicted octanol–water partition coefficient (Wildman–Crippen LogP) is 1.90. The van der Waals surface area contributed by atoms with Crippen molar-refractivity contribution in [2.24, 2.45) is 0 Å². The topological polar surface area (TPSA) is 102 Å². The summed E-state index contributed by atoms with van der Waals surface area (Å²) in [5.74, 6) is 0.773. The van der Waals surface area contributed by atoms with Gasteiger partial charge < -0.3 is 14.6 Å². The van der Waals surface area contributed by atoms with Crippen LogP contribution in [0.25, 0.3) is 0 Å². The van der Waals surface area contributed by atoms with Gasteiger partial charge >= 0.3 is 0 Å². The number of amides is 1. The van der Waals surface area contributed by atoms with Crippen LogP contribution in [0.1, 0.15) is 25.3 Å². The quantitative estimate of drug-likeness (QED) is 0.696. The van der Waals surface area contributed by atoms with Gasteiger partial charge in [-0.05, 0) is 45.0 Å². The third kappa shape index (κ3) is 6.28. The van der Waals surface area contributed by atoms with Gasteiger partial charge in [-0.15, -0.1) is 0 Å². The van der Waals surface area contributed by atoms with E-state index >= 15 is 0 Å². The Morgan fingerprint density at radius 1 is 1.30 bits per heavy atom. The zero-order valence-corrected chi connectivity index (χ0v) is 16.7. The molecule has 1 amide bonds. The van der Waals surface area contributed by atoms with Crippen LogP contribution >= 0.6 is 0 Å². The number of carbonyl (C=O) groups is 1. The maximum atomic E-state index is 12.5. The van der Waals surface area contributed by atoms with Crippen LogP contribution < -0.4 is 14.4 Å². The van der Waals surface area contributed by atoms with Gasteiger partial charge in [-0.2, -0.15) is 0 Å². The Hall–Kier alpha value is -2.55. The van der Waals surface area contributed by atoms with Gasteiger partial charge in [0.1, 0.15) is 11.5 Å². The van der Waals surface area contributed by atoms with E-state index < -0.39 is 10.0 Å². The van der Waals surface area contributed by atoms with E-state index in [4.69, 9.17) is 9.26 Å². The van der Waals surface area contributed by atoms with Crippen LogP contribution in [0.4, 0.5) is 5.69 Å². The Morgan fingerprint density at radius 2 is 1.96 bits per heavy atom. The van der Waals surface area contributed by atoms with Gasteiger partial charge in [0.05, 0.1) is 29.7 Å². The van der Waals surface area contributed by atoms with E-state index in [0.717, 1.165) is 0 Å². The molecule has 27 heavy (non-hydrogen) atoms. The first-order chi connectivity index (χ1) is 12.7. The van der Waals surface area contributed by atoms with Gasteiger partial charge in [-0.1, -0.05) is 5.16 Å². The summed E-state index contributed by atoms with van der Waals surface area (Å²) < 4.78 is 36.5. The smallest absolute Gasteiger partial charge is 0.236 e. The number of carbonyl (C=O) groups excluding carboxylic acids is 1. The molecule has 0 atom stereocenters. The molecule has 0 spiro atoms. The van der Waals surface area contributed by atoms with Gasteiger partial charge in [0, 0.05) is 19.7 Å². The van der Waals surface area contributed by atoms with Crippen molar-refractivity contribution in [2.75, 3.05) is 23.7 Å². The fraction of sp³-hybridized carbons (Fsp3) is 0.444. The van der Waals surface area contributed by atoms with Crippen LogP contribution in [-0.2, 0) is 21.2 Å². The molecular weight excluding hydrogens is 370 g/mol. The number of rotatable bonds is 9. The SMILES string of the molecule is Cc1cc(CC(=O)NCCS(=O)(=O)N(C)c2ccc(OC(C)C)cc2)no1. The summed E-state index contributed by atoms with van der Waals surface area (Å²) in [5, 5.41) is 6.32. The first-order valence-electron chi connectivity index (χ1n) is 8.59. The highest BCUT2D eigenvalue weighted by atomic mass is 32.2. The average Bonchev–Trinajstić information content (AvgIpc) is 2.99. The molecule has 1 N–H and O–H groups in total. The zero-order valence-electron chi connectivity index (χ0n) is 15.9. The predicted molar refractivity (Wildman–Crippen MR) is 102 cm³/mol. The van der Waals surface area contributed by atoms with Crippen molar-refractivity contribution < 1.29 is 22.5 Å². The molecule has 9 heteroatoms. The van der Waals surface area contributed by atoms with Crippen LogP contribution in [0, 0.1) is 6.92 Å². The number of ether oxygens (including phenoxy) is 1. The van der Waals surface area contributed by atoms with Gasteiger partial charge in [0.15, 0.2) is 0 Å². The third-order valence-electron chi connectivity index (χ3n) is 3.69. The minimum atomic E-state index is -3.57. The highest BCUT2D eigenvalue weighted by molar-refractivity contribution is 7.92. The van der Waals surface area contributed by atoms with Crippen LogP contribution in [0.5, 0.6) is 5.75 Å².